The molecule has 1 fully saturated rings. The normalized spacial score (nSPS) is 15.3. The summed E-state index contributed by atoms with van der Waals surface area (Å²) < 4.78 is 32.1. The van der Waals surface area contributed by atoms with E-state index in [1.165, 1.54) is 4.31 Å². The van der Waals surface area contributed by atoms with Gasteiger partial charge in [-0.15, -0.1) is 0 Å². The minimum atomic E-state index is -3.52. The molecule has 0 radical (unpaired) electrons. The maximum Gasteiger partial charge on any atom is 0.243 e. The summed E-state index contributed by atoms with van der Waals surface area (Å²) in [4.78, 5) is 17.6. The van der Waals surface area contributed by atoms with Crippen molar-refractivity contribution in [3.63, 3.8) is 0 Å². The fraction of sp³-hybridized carbons (Fsp3) is 0.304. The second kappa shape index (κ2) is 9.04. The fourth-order valence-electron chi connectivity index (χ4n) is 3.68. The third-order valence-electron chi connectivity index (χ3n) is 5.44. The summed E-state index contributed by atoms with van der Waals surface area (Å²) in [6.45, 7) is 3.38. The van der Waals surface area contributed by atoms with E-state index in [-0.39, 0.29) is 10.7 Å². The largest absolute Gasteiger partial charge is 0.379 e. The number of ketones is 1. The average Bonchev–Trinajstić information content (AvgIpc) is 2.78. The van der Waals surface area contributed by atoms with Crippen molar-refractivity contribution in [1.29, 1.82) is 0 Å². The van der Waals surface area contributed by atoms with E-state index >= 15 is 0 Å². The van der Waals surface area contributed by atoms with Gasteiger partial charge in [0.05, 0.1) is 23.6 Å². The zero-order valence-corrected chi connectivity index (χ0v) is 18.7. The van der Waals surface area contributed by atoms with E-state index in [9.17, 15) is 13.2 Å². The monoisotopic (exact) mass is 458 g/mol. The van der Waals surface area contributed by atoms with Crippen molar-refractivity contribution in [3.05, 3.63) is 70.4 Å². The van der Waals surface area contributed by atoms with E-state index < -0.39 is 10.0 Å². The van der Waals surface area contributed by atoms with E-state index in [1.54, 1.807) is 36.4 Å². The number of halogens is 1. The minimum absolute atomic E-state index is 0.00288. The van der Waals surface area contributed by atoms with Crippen LogP contribution in [0, 0.1) is 6.92 Å². The van der Waals surface area contributed by atoms with Gasteiger partial charge in [-0.2, -0.15) is 4.31 Å². The van der Waals surface area contributed by atoms with E-state index in [2.05, 4.69) is 4.98 Å². The number of pyridine rings is 1. The van der Waals surface area contributed by atoms with Crippen LogP contribution >= 0.6 is 11.6 Å². The number of benzene rings is 2. The van der Waals surface area contributed by atoms with Crippen molar-refractivity contribution in [2.45, 2.75) is 24.7 Å². The second-order valence-electron chi connectivity index (χ2n) is 7.54. The minimum Gasteiger partial charge on any atom is -0.379 e. The quantitative estimate of drug-likeness (QED) is 0.521. The van der Waals surface area contributed by atoms with Crippen LogP contribution in [0.3, 0.4) is 0 Å². The fourth-order valence-corrected chi connectivity index (χ4v) is 5.27. The highest BCUT2D eigenvalue weighted by atomic mass is 35.5. The van der Waals surface area contributed by atoms with Crippen molar-refractivity contribution in [2.75, 3.05) is 26.3 Å². The van der Waals surface area contributed by atoms with Crippen LogP contribution in [0.15, 0.2) is 53.4 Å². The van der Waals surface area contributed by atoms with Gasteiger partial charge >= 0.3 is 0 Å². The zero-order valence-electron chi connectivity index (χ0n) is 17.2. The molecule has 1 saturated heterocycles. The van der Waals surface area contributed by atoms with Crippen LogP contribution in [0.2, 0.25) is 5.02 Å². The number of hydrogen-bond acceptors (Lipinski definition) is 5. The third-order valence-corrected chi connectivity index (χ3v) is 7.59. The smallest absolute Gasteiger partial charge is 0.243 e. The van der Waals surface area contributed by atoms with Gasteiger partial charge in [-0.25, -0.2) is 8.42 Å². The molecule has 0 aliphatic carbocycles. The number of Topliss-reactive ketones (excluding diaryl/α,β-unsaturated/α-hetero) is 1. The van der Waals surface area contributed by atoms with Crippen LogP contribution in [-0.4, -0.2) is 49.8 Å². The lowest BCUT2D eigenvalue weighted by Crippen LogP contribution is -2.40. The zero-order chi connectivity index (χ0) is 22.0. The number of carbonyl (C=O) groups excluding carboxylic acids is 1. The Bertz CT molecular complexity index is 1220. The van der Waals surface area contributed by atoms with Crippen LogP contribution in [-0.2, 0) is 21.2 Å². The molecule has 2 heterocycles. The number of carbonyl (C=O) groups is 1. The molecule has 0 amide bonds. The summed E-state index contributed by atoms with van der Waals surface area (Å²) in [7, 11) is -3.52. The van der Waals surface area contributed by atoms with Gasteiger partial charge in [0.25, 0.3) is 0 Å². The summed E-state index contributed by atoms with van der Waals surface area (Å²) in [6, 6.07) is 14.0. The molecule has 0 unspecified atom stereocenters. The maximum absolute atomic E-state index is 12.8. The first-order valence-electron chi connectivity index (χ1n) is 10.1. The lowest BCUT2D eigenvalue weighted by Gasteiger charge is -2.26. The summed E-state index contributed by atoms with van der Waals surface area (Å²) in [5.41, 5.74) is 2.98. The highest BCUT2D eigenvalue weighted by molar-refractivity contribution is 7.89. The lowest BCUT2D eigenvalue weighted by molar-refractivity contribution is 0.0730. The van der Waals surface area contributed by atoms with Crippen LogP contribution in [0.5, 0.6) is 0 Å². The van der Waals surface area contributed by atoms with Crippen molar-refractivity contribution < 1.29 is 17.9 Å². The molecule has 0 spiro atoms. The summed E-state index contributed by atoms with van der Waals surface area (Å²) in [6.07, 6.45) is 0.827. The molecule has 0 saturated carbocycles. The Morgan fingerprint density at radius 2 is 1.81 bits per heavy atom. The molecule has 1 aliphatic heterocycles. The molecule has 0 N–H and O–H groups in total. The van der Waals surface area contributed by atoms with E-state index in [0.29, 0.717) is 55.4 Å². The topological polar surface area (TPSA) is 76.6 Å². The molecule has 1 aromatic heterocycles. The first-order chi connectivity index (χ1) is 14.8. The Kier molecular flexibility index (Phi) is 6.39. The second-order valence-corrected chi connectivity index (χ2v) is 9.92. The van der Waals surface area contributed by atoms with Crippen molar-refractivity contribution in [1.82, 2.24) is 9.29 Å². The Balaban J connectivity index is 1.45. The van der Waals surface area contributed by atoms with Gasteiger partial charge < -0.3 is 4.74 Å². The van der Waals surface area contributed by atoms with Crippen molar-refractivity contribution in [3.8, 4) is 0 Å². The number of rotatable bonds is 6. The Morgan fingerprint density at radius 1 is 1.10 bits per heavy atom. The van der Waals surface area contributed by atoms with Gasteiger partial charge in [-0.1, -0.05) is 23.7 Å². The first kappa shape index (κ1) is 21.9. The van der Waals surface area contributed by atoms with Crippen LogP contribution in [0.25, 0.3) is 10.9 Å². The molecule has 31 heavy (non-hydrogen) atoms. The number of nitrogens with zero attached hydrogens (tertiary/aromatic N) is 2. The highest BCUT2D eigenvalue weighted by Gasteiger charge is 2.26. The Labute approximate surface area is 186 Å². The molecule has 6 nitrogen and oxygen atoms in total. The number of morpholine rings is 1. The van der Waals surface area contributed by atoms with Gasteiger partial charge in [-0.05, 0) is 55.3 Å². The molecule has 3 aromatic rings. The molecular weight excluding hydrogens is 436 g/mol. The average molecular weight is 459 g/mol. The van der Waals surface area contributed by atoms with E-state index in [0.717, 1.165) is 16.5 Å². The van der Waals surface area contributed by atoms with Crippen molar-refractivity contribution >= 4 is 38.3 Å². The lowest BCUT2D eigenvalue weighted by atomic mass is 10.0. The van der Waals surface area contributed by atoms with Crippen molar-refractivity contribution in [2.24, 2.45) is 0 Å². The van der Waals surface area contributed by atoms with Gasteiger partial charge in [0, 0.05) is 41.2 Å². The summed E-state index contributed by atoms with van der Waals surface area (Å²) in [5.74, 6) is -0.00288. The van der Waals surface area contributed by atoms with E-state index in [1.807, 2.05) is 19.1 Å². The number of ether oxygens (including phenoxy) is 1. The number of sulfonamides is 1. The summed E-state index contributed by atoms with van der Waals surface area (Å²) >= 11 is 6.06. The Hall–Kier alpha value is -2.32. The van der Waals surface area contributed by atoms with Crippen LogP contribution in [0.4, 0.5) is 0 Å². The van der Waals surface area contributed by atoms with Gasteiger partial charge in [0.1, 0.15) is 0 Å². The molecule has 8 heteroatoms. The van der Waals surface area contributed by atoms with Crippen LogP contribution in [0.1, 0.15) is 28.0 Å². The van der Waals surface area contributed by atoms with Crippen LogP contribution < -0.4 is 0 Å². The first-order valence-corrected chi connectivity index (χ1v) is 11.9. The standard InChI is InChI=1S/C23H23ClN2O4S/c1-16-21(15-18-14-19(24)5-8-22(18)25-16)23(27)9-4-17-2-6-20(7-3-17)31(28,29)26-10-12-30-13-11-26/h2-3,5-8,14-15H,4,9-13H2,1H3. The predicted molar refractivity (Wildman–Crippen MR) is 120 cm³/mol. The van der Waals surface area contributed by atoms with Gasteiger partial charge in [0.15, 0.2) is 5.78 Å². The van der Waals surface area contributed by atoms with E-state index in [4.69, 9.17) is 16.3 Å². The summed E-state index contributed by atoms with van der Waals surface area (Å²) in [5, 5.41) is 1.43. The molecule has 2 aromatic carbocycles. The predicted octanol–water partition coefficient (Wildman–Crippen LogP) is 4.03. The number of aryl methyl sites for hydroxylation is 2. The molecule has 4 rings (SSSR count). The molecule has 1 aliphatic rings. The highest BCUT2D eigenvalue weighted by Crippen LogP contribution is 2.23. The number of fused-ring (bicyclic) bond motifs is 1. The molecule has 0 bridgehead atoms. The Morgan fingerprint density at radius 3 is 2.52 bits per heavy atom. The maximum atomic E-state index is 12.8. The molecular formula is C23H23ClN2O4S. The van der Waals surface area contributed by atoms with Gasteiger partial charge in [0.2, 0.25) is 10.0 Å². The number of hydrogen-bond donors (Lipinski definition) is 0. The number of aromatic nitrogens is 1. The SMILES string of the molecule is Cc1nc2ccc(Cl)cc2cc1C(=O)CCc1ccc(S(=O)(=O)N2CCOCC2)cc1. The van der Waals surface area contributed by atoms with Gasteiger partial charge in [-0.3, -0.25) is 9.78 Å². The molecule has 0 atom stereocenters. The molecule has 162 valence electrons. The third kappa shape index (κ3) is 4.80.